The van der Waals surface area contributed by atoms with Gasteiger partial charge < -0.3 is 10.4 Å². The minimum absolute atomic E-state index is 0.366. The number of aliphatic hydroxyl groups excluding tert-OH is 1. The average molecular weight is 188 g/mol. The lowest BCUT2D eigenvalue weighted by Gasteiger charge is -2.08. The molecule has 0 aliphatic carbocycles. The molecule has 0 radical (unpaired) electrons. The van der Waals surface area contributed by atoms with E-state index in [4.69, 9.17) is 16.7 Å². The molecule has 0 aliphatic heterocycles. The molecule has 0 bridgehead atoms. The summed E-state index contributed by atoms with van der Waals surface area (Å²) in [5, 5.41) is 12.0. The van der Waals surface area contributed by atoms with Crippen LogP contribution in [0.3, 0.4) is 0 Å². The fourth-order valence-electron chi connectivity index (χ4n) is 0.819. The molecular weight excluding hydrogens is 178 g/mol. The Balaban J connectivity index is 2.85. The van der Waals surface area contributed by atoms with Gasteiger partial charge >= 0.3 is 0 Å². The number of nitrogens with zero attached hydrogens (tertiary/aromatic N) is 2. The van der Waals surface area contributed by atoms with E-state index in [0.717, 1.165) is 0 Å². The molecule has 12 heavy (non-hydrogen) atoms. The first-order valence-electron chi connectivity index (χ1n) is 3.53. The Hall–Kier alpha value is -0.870. The molecule has 0 aromatic carbocycles. The van der Waals surface area contributed by atoms with Gasteiger partial charge in [-0.3, -0.25) is 0 Å². The number of aryl methyl sites for hydroxylation is 1. The van der Waals surface area contributed by atoms with Gasteiger partial charge in [-0.2, -0.15) is 0 Å². The summed E-state index contributed by atoms with van der Waals surface area (Å²) in [6, 6.07) is 1.56. The quantitative estimate of drug-likeness (QED) is 0.540. The van der Waals surface area contributed by atoms with Crippen molar-refractivity contribution in [2.45, 2.75) is 20.1 Å². The van der Waals surface area contributed by atoms with Crippen LogP contribution in [0.5, 0.6) is 0 Å². The second kappa shape index (κ2) is 3.69. The van der Waals surface area contributed by atoms with Crippen molar-refractivity contribution < 1.29 is 5.11 Å². The van der Waals surface area contributed by atoms with E-state index in [9.17, 15) is 0 Å². The summed E-state index contributed by atoms with van der Waals surface area (Å²) in [5.41, 5.74) is 0. The van der Waals surface area contributed by atoms with Gasteiger partial charge in [-0.05, 0) is 13.8 Å². The molecule has 1 rings (SSSR count). The highest BCUT2D eigenvalue weighted by Crippen LogP contribution is 2.11. The first-order valence-corrected chi connectivity index (χ1v) is 3.91. The Bertz CT molecular complexity index is 257. The molecule has 66 valence electrons. The van der Waals surface area contributed by atoms with Crippen LogP contribution in [0.15, 0.2) is 6.07 Å². The maximum atomic E-state index is 8.97. The van der Waals surface area contributed by atoms with Gasteiger partial charge in [-0.25, -0.2) is 9.97 Å². The number of rotatable bonds is 2. The smallest absolute Gasteiger partial charge is 0.134 e. The summed E-state index contributed by atoms with van der Waals surface area (Å²) < 4.78 is 0. The van der Waals surface area contributed by atoms with Crippen molar-refractivity contribution in [2.75, 3.05) is 5.32 Å². The van der Waals surface area contributed by atoms with E-state index in [-0.39, 0.29) is 0 Å². The molecule has 1 heterocycles. The summed E-state index contributed by atoms with van der Waals surface area (Å²) in [4.78, 5) is 7.88. The van der Waals surface area contributed by atoms with Crippen molar-refractivity contribution >= 4 is 17.4 Å². The predicted molar refractivity (Wildman–Crippen MR) is 47.1 cm³/mol. The Morgan fingerprint density at radius 2 is 2.25 bits per heavy atom. The van der Waals surface area contributed by atoms with E-state index < -0.39 is 6.23 Å². The molecule has 0 fully saturated rings. The Morgan fingerprint density at radius 1 is 1.58 bits per heavy atom. The largest absolute Gasteiger partial charge is 0.374 e. The van der Waals surface area contributed by atoms with Crippen molar-refractivity contribution in [2.24, 2.45) is 0 Å². The molecule has 0 saturated heterocycles. The first kappa shape index (κ1) is 9.22. The average Bonchev–Trinajstić information content (AvgIpc) is 1.81. The van der Waals surface area contributed by atoms with Crippen LogP contribution in [-0.2, 0) is 0 Å². The summed E-state index contributed by atoms with van der Waals surface area (Å²) in [7, 11) is 0. The molecule has 1 atom stereocenters. The lowest BCUT2D eigenvalue weighted by molar-refractivity contribution is 0.224. The van der Waals surface area contributed by atoms with E-state index in [1.807, 2.05) is 0 Å². The number of nitrogens with one attached hydrogen (secondary N) is 1. The molecule has 1 aromatic rings. The van der Waals surface area contributed by atoms with Crippen LogP contribution in [0, 0.1) is 6.92 Å². The van der Waals surface area contributed by atoms with E-state index >= 15 is 0 Å². The van der Waals surface area contributed by atoms with Gasteiger partial charge in [0.05, 0.1) is 0 Å². The van der Waals surface area contributed by atoms with Crippen LogP contribution in [0.1, 0.15) is 12.7 Å². The van der Waals surface area contributed by atoms with Crippen LogP contribution >= 0.6 is 11.6 Å². The van der Waals surface area contributed by atoms with Crippen molar-refractivity contribution in [3.05, 3.63) is 17.0 Å². The SMILES string of the molecule is Cc1nc(Cl)cc(NC(C)O)n1. The van der Waals surface area contributed by atoms with Gasteiger partial charge in [0.2, 0.25) is 0 Å². The Morgan fingerprint density at radius 3 is 2.75 bits per heavy atom. The topological polar surface area (TPSA) is 58.0 Å². The molecule has 2 N–H and O–H groups in total. The maximum absolute atomic E-state index is 8.97. The van der Waals surface area contributed by atoms with Crippen LogP contribution in [-0.4, -0.2) is 21.3 Å². The predicted octanol–water partition coefficient (Wildman–Crippen LogP) is 1.19. The maximum Gasteiger partial charge on any atom is 0.134 e. The minimum atomic E-state index is -0.643. The number of halogens is 1. The number of hydrogen-bond donors (Lipinski definition) is 2. The number of aromatic nitrogens is 2. The van der Waals surface area contributed by atoms with Crippen molar-refractivity contribution in [1.29, 1.82) is 0 Å². The van der Waals surface area contributed by atoms with Gasteiger partial charge in [-0.1, -0.05) is 11.6 Å². The summed E-state index contributed by atoms with van der Waals surface area (Å²) in [5.74, 6) is 1.10. The zero-order chi connectivity index (χ0) is 9.14. The number of aliphatic hydroxyl groups is 1. The van der Waals surface area contributed by atoms with E-state index in [1.54, 1.807) is 19.9 Å². The highest BCUT2D eigenvalue weighted by molar-refractivity contribution is 6.29. The zero-order valence-corrected chi connectivity index (χ0v) is 7.63. The molecule has 0 amide bonds. The fourth-order valence-corrected chi connectivity index (χ4v) is 1.04. The molecule has 5 heteroatoms. The van der Waals surface area contributed by atoms with Crippen LogP contribution in [0.4, 0.5) is 5.82 Å². The molecule has 1 aromatic heterocycles. The first-order chi connectivity index (χ1) is 5.58. The second-order valence-corrected chi connectivity index (χ2v) is 2.83. The highest BCUT2D eigenvalue weighted by atomic mass is 35.5. The third kappa shape index (κ3) is 2.64. The molecule has 0 aliphatic rings. The summed E-state index contributed by atoms with van der Waals surface area (Å²) in [6.45, 7) is 3.34. The van der Waals surface area contributed by atoms with Crippen molar-refractivity contribution in [1.82, 2.24) is 9.97 Å². The Kier molecular flexibility index (Phi) is 2.83. The molecule has 0 spiro atoms. The number of anilines is 1. The standard InChI is InChI=1S/C7H10ClN3O/c1-4-9-6(8)3-7(10-4)11-5(2)12/h3,5,12H,1-2H3,(H,9,10,11). The monoisotopic (exact) mass is 187 g/mol. The molecular formula is C7H10ClN3O. The lowest BCUT2D eigenvalue weighted by atomic mass is 10.5. The van der Waals surface area contributed by atoms with E-state index in [1.165, 1.54) is 0 Å². The molecule has 0 saturated carbocycles. The van der Waals surface area contributed by atoms with Gasteiger partial charge in [0.1, 0.15) is 23.0 Å². The Labute approximate surface area is 75.6 Å². The van der Waals surface area contributed by atoms with Crippen molar-refractivity contribution in [3.63, 3.8) is 0 Å². The summed E-state index contributed by atoms with van der Waals surface area (Å²) in [6.07, 6.45) is -0.643. The van der Waals surface area contributed by atoms with Crippen molar-refractivity contribution in [3.8, 4) is 0 Å². The van der Waals surface area contributed by atoms with Gasteiger partial charge in [0.15, 0.2) is 0 Å². The zero-order valence-electron chi connectivity index (χ0n) is 6.87. The highest BCUT2D eigenvalue weighted by Gasteiger charge is 2.00. The van der Waals surface area contributed by atoms with Crippen LogP contribution in [0.25, 0.3) is 0 Å². The van der Waals surface area contributed by atoms with Crippen LogP contribution < -0.4 is 5.32 Å². The second-order valence-electron chi connectivity index (χ2n) is 2.44. The normalized spacial score (nSPS) is 12.7. The summed E-state index contributed by atoms with van der Waals surface area (Å²) >= 11 is 5.66. The van der Waals surface area contributed by atoms with Crippen LogP contribution in [0.2, 0.25) is 5.15 Å². The fraction of sp³-hybridized carbons (Fsp3) is 0.429. The third-order valence-corrected chi connectivity index (χ3v) is 1.36. The molecule has 4 nitrogen and oxygen atoms in total. The van der Waals surface area contributed by atoms with Gasteiger partial charge in [-0.15, -0.1) is 0 Å². The minimum Gasteiger partial charge on any atom is -0.374 e. The lowest BCUT2D eigenvalue weighted by Crippen LogP contribution is -2.14. The van der Waals surface area contributed by atoms with Gasteiger partial charge in [0, 0.05) is 6.07 Å². The number of hydrogen-bond acceptors (Lipinski definition) is 4. The van der Waals surface area contributed by atoms with E-state index in [0.29, 0.717) is 16.8 Å². The van der Waals surface area contributed by atoms with E-state index in [2.05, 4.69) is 15.3 Å². The van der Waals surface area contributed by atoms with Gasteiger partial charge in [0.25, 0.3) is 0 Å². The third-order valence-electron chi connectivity index (χ3n) is 1.16. The molecule has 1 unspecified atom stereocenters.